The lowest BCUT2D eigenvalue weighted by atomic mass is 9.60. The molecule has 0 fully saturated rings. The predicted molar refractivity (Wildman–Crippen MR) is 286 cm³/mol. The maximum Gasteiger partial charge on any atom is 0.164 e. The third-order valence-corrected chi connectivity index (χ3v) is 15.1. The van der Waals surface area contributed by atoms with Crippen molar-refractivity contribution in [2.45, 2.75) is 31.1 Å². The first-order chi connectivity index (χ1) is 34.9. The van der Waals surface area contributed by atoms with E-state index < -0.39 is 0 Å². The SMILES string of the molecule is CC1(C)c2ccccc2-c2cc(-c3ccc(-c4cc(-c5ccc6c(c5)C5c7ccccc7C6c6cc(-c7nc(-c8ccccc8)nc(-c8ccccc8)n7)ccc65)nc(-c5ccccc5)n4)cc3)ccc21. The molecule has 334 valence electrons. The van der Waals surface area contributed by atoms with Gasteiger partial charge in [0.2, 0.25) is 0 Å². The Labute approximate surface area is 413 Å². The van der Waals surface area contributed by atoms with Gasteiger partial charge >= 0.3 is 0 Å². The molecule has 0 saturated heterocycles. The summed E-state index contributed by atoms with van der Waals surface area (Å²) in [6, 6.07) is 80.3. The molecule has 0 radical (unpaired) electrons. The monoisotopic (exact) mass is 907 g/mol. The molecule has 2 atom stereocenters. The zero-order valence-electron chi connectivity index (χ0n) is 39.3. The van der Waals surface area contributed by atoms with Crippen LogP contribution in [0.4, 0.5) is 0 Å². The van der Waals surface area contributed by atoms with E-state index in [-0.39, 0.29) is 17.3 Å². The van der Waals surface area contributed by atoms with Crippen molar-refractivity contribution in [1.82, 2.24) is 24.9 Å². The van der Waals surface area contributed by atoms with Crippen LogP contribution in [-0.2, 0) is 5.41 Å². The van der Waals surface area contributed by atoms with Gasteiger partial charge in [-0.2, -0.15) is 0 Å². The number of hydrogen-bond acceptors (Lipinski definition) is 5. The molecule has 71 heavy (non-hydrogen) atoms. The standard InChI is InChI=1S/C66H45N5/c1-66(2)56-25-15-14-22-48(56)53-36-45(32-35-57(53)66)40-26-28-41(29-27-40)58-39-59(68-62(67-58)42-16-6-3-7-17-42)46-30-33-51-54(37-46)60-49-23-12-13-24-50(49)61(51)55-38-47(31-34-52(55)60)65-70-63(43-18-8-4-9-19-43)69-64(71-65)44-20-10-5-11-21-44/h3-39,60-61H,1-2H3. The van der Waals surface area contributed by atoms with Gasteiger partial charge in [-0.3, -0.25) is 0 Å². The second-order valence-corrected chi connectivity index (χ2v) is 19.6. The summed E-state index contributed by atoms with van der Waals surface area (Å²) in [5.74, 6) is 2.77. The largest absolute Gasteiger partial charge is 0.228 e. The van der Waals surface area contributed by atoms with Gasteiger partial charge in [0, 0.05) is 50.6 Å². The van der Waals surface area contributed by atoms with Gasteiger partial charge in [0.15, 0.2) is 23.3 Å². The van der Waals surface area contributed by atoms with Gasteiger partial charge < -0.3 is 0 Å². The highest BCUT2D eigenvalue weighted by atomic mass is 15.0. The van der Waals surface area contributed by atoms with E-state index in [2.05, 4.69) is 196 Å². The van der Waals surface area contributed by atoms with Crippen molar-refractivity contribution in [2.75, 3.05) is 0 Å². The summed E-state index contributed by atoms with van der Waals surface area (Å²) in [6.07, 6.45) is 0. The third-order valence-electron chi connectivity index (χ3n) is 15.1. The Morgan fingerprint density at radius 1 is 0.268 bits per heavy atom. The van der Waals surface area contributed by atoms with Gasteiger partial charge in [-0.25, -0.2) is 24.9 Å². The van der Waals surface area contributed by atoms with Crippen LogP contribution in [0, 0.1) is 0 Å². The summed E-state index contributed by atoms with van der Waals surface area (Å²) < 4.78 is 0. The van der Waals surface area contributed by atoms with Gasteiger partial charge in [-0.1, -0.05) is 214 Å². The molecule has 0 aliphatic heterocycles. The Hall–Kier alpha value is -8.93. The van der Waals surface area contributed by atoms with Crippen molar-refractivity contribution >= 4 is 0 Å². The molecule has 5 nitrogen and oxygen atoms in total. The Morgan fingerprint density at radius 2 is 0.676 bits per heavy atom. The molecule has 5 heteroatoms. The van der Waals surface area contributed by atoms with Crippen molar-refractivity contribution in [2.24, 2.45) is 0 Å². The van der Waals surface area contributed by atoms with E-state index >= 15 is 0 Å². The van der Waals surface area contributed by atoms with Crippen molar-refractivity contribution in [3.8, 4) is 90.3 Å². The van der Waals surface area contributed by atoms with Crippen LogP contribution in [0.3, 0.4) is 0 Å². The summed E-state index contributed by atoms with van der Waals surface area (Å²) in [5, 5.41) is 0. The lowest BCUT2D eigenvalue weighted by molar-refractivity contribution is 0.660. The fourth-order valence-electron chi connectivity index (χ4n) is 11.6. The number of hydrogen-bond donors (Lipinski definition) is 0. The number of nitrogens with zero attached hydrogens (tertiary/aromatic N) is 5. The van der Waals surface area contributed by atoms with Gasteiger partial charge in [-0.15, -0.1) is 0 Å². The van der Waals surface area contributed by atoms with Crippen molar-refractivity contribution in [3.05, 3.63) is 269 Å². The Bertz CT molecular complexity index is 3840. The molecule has 15 rings (SSSR count). The molecule has 2 aromatic heterocycles. The van der Waals surface area contributed by atoms with E-state index in [0.29, 0.717) is 23.3 Å². The van der Waals surface area contributed by atoms with Crippen molar-refractivity contribution in [1.29, 1.82) is 0 Å². The van der Waals surface area contributed by atoms with Gasteiger partial charge in [0.25, 0.3) is 0 Å². The number of fused-ring (bicyclic) bond motifs is 3. The highest BCUT2D eigenvalue weighted by Gasteiger charge is 2.42. The molecular formula is C66H45N5. The van der Waals surface area contributed by atoms with E-state index in [1.54, 1.807) is 0 Å². The quantitative estimate of drug-likeness (QED) is 0.159. The lowest BCUT2D eigenvalue weighted by Crippen LogP contribution is -2.27. The number of benzene rings is 9. The first-order valence-corrected chi connectivity index (χ1v) is 24.5. The maximum atomic E-state index is 5.30. The zero-order chi connectivity index (χ0) is 47.2. The number of aromatic nitrogens is 5. The molecule has 4 aliphatic carbocycles. The van der Waals surface area contributed by atoms with Crippen molar-refractivity contribution < 1.29 is 0 Å². The molecule has 11 aromatic rings. The average molecular weight is 908 g/mol. The molecule has 2 unspecified atom stereocenters. The molecule has 0 saturated carbocycles. The van der Waals surface area contributed by atoms with Crippen LogP contribution in [0.15, 0.2) is 224 Å². The van der Waals surface area contributed by atoms with E-state index in [0.717, 1.165) is 44.8 Å². The fourth-order valence-corrected chi connectivity index (χ4v) is 11.6. The predicted octanol–water partition coefficient (Wildman–Crippen LogP) is 15.6. The molecule has 2 bridgehead atoms. The minimum Gasteiger partial charge on any atom is -0.228 e. The third kappa shape index (κ3) is 6.72. The molecular weight excluding hydrogens is 863 g/mol. The average Bonchev–Trinajstić information content (AvgIpc) is 3.68. The normalized spacial score (nSPS) is 15.3. The van der Waals surface area contributed by atoms with Gasteiger partial charge in [0.1, 0.15) is 0 Å². The van der Waals surface area contributed by atoms with Crippen LogP contribution in [0.1, 0.15) is 70.2 Å². The highest BCUT2D eigenvalue weighted by Crippen LogP contribution is 2.57. The minimum absolute atomic E-state index is 0.0226. The molecule has 2 heterocycles. The summed E-state index contributed by atoms with van der Waals surface area (Å²) in [7, 11) is 0. The molecule has 0 N–H and O–H groups in total. The lowest BCUT2D eigenvalue weighted by Gasteiger charge is -2.42. The number of rotatable bonds is 7. The smallest absolute Gasteiger partial charge is 0.164 e. The summed E-state index contributed by atoms with van der Waals surface area (Å²) in [5.41, 5.74) is 23.5. The van der Waals surface area contributed by atoms with E-state index in [1.165, 1.54) is 66.8 Å². The summed E-state index contributed by atoms with van der Waals surface area (Å²) in [4.78, 5) is 25.7. The van der Waals surface area contributed by atoms with E-state index in [1.807, 2.05) is 42.5 Å². The minimum atomic E-state index is -0.0226. The van der Waals surface area contributed by atoms with Crippen LogP contribution in [-0.4, -0.2) is 24.9 Å². The first-order valence-electron chi connectivity index (χ1n) is 24.5. The molecule has 0 spiro atoms. The highest BCUT2D eigenvalue weighted by molar-refractivity contribution is 5.85. The molecule has 9 aromatic carbocycles. The van der Waals surface area contributed by atoms with E-state index in [9.17, 15) is 0 Å². The van der Waals surface area contributed by atoms with Crippen LogP contribution in [0.2, 0.25) is 0 Å². The maximum absolute atomic E-state index is 5.30. The second kappa shape index (κ2) is 16.1. The van der Waals surface area contributed by atoms with Gasteiger partial charge in [-0.05, 0) is 91.0 Å². The van der Waals surface area contributed by atoms with Crippen LogP contribution >= 0.6 is 0 Å². The summed E-state index contributed by atoms with van der Waals surface area (Å²) >= 11 is 0. The van der Waals surface area contributed by atoms with Crippen molar-refractivity contribution in [3.63, 3.8) is 0 Å². The topological polar surface area (TPSA) is 64.5 Å². The fraction of sp³-hybridized carbons (Fsp3) is 0.0758. The Balaban J connectivity index is 0.847. The first kappa shape index (κ1) is 41.1. The van der Waals surface area contributed by atoms with E-state index in [4.69, 9.17) is 24.9 Å². The molecule has 4 aliphatic rings. The Kier molecular flexibility index (Phi) is 9.30. The zero-order valence-corrected chi connectivity index (χ0v) is 39.3. The second-order valence-electron chi connectivity index (χ2n) is 19.6. The van der Waals surface area contributed by atoms with Gasteiger partial charge in [0.05, 0.1) is 11.4 Å². The van der Waals surface area contributed by atoms with Crippen LogP contribution in [0.25, 0.3) is 90.3 Å². The van der Waals surface area contributed by atoms with Crippen LogP contribution < -0.4 is 0 Å². The van der Waals surface area contributed by atoms with Crippen LogP contribution in [0.5, 0.6) is 0 Å². The molecule has 0 amide bonds. The Morgan fingerprint density at radius 3 is 1.27 bits per heavy atom. The summed E-state index contributed by atoms with van der Waals surface area (Å²) in [6.45, 7) is 4.66.